The van der Waals surface area contributed by atoms with E-state index in [-0.39, 0.29) is 0 Å². The molecule has 0 aromatic rings. The van der Waals surface area contributed by atoms with Crippen molar-refractivity contribution >= 4 is 5.84 Å². The number of hydrogen-bond acceptors (Lipinski definition) is 1. The first-order valence-electron chi connectivity index (χ1n) is 4.83. The number of hydrogen-bond donors (Lipinski definition) is 0. The third kappa shape index (κ3) is 1.75. The first-order valence-corrected chi connectivity index (χ1v) is 4.83. The van der Waals surface area contributed by atoms with Crippen LogP contribution in [-0.4, -0.2) is 23.9 Å². The largest absolute Gasteiger partial charge is 0.253 e. The molecule has 12 heavy (non-hydrogen) atoms. The molecular formula is C10H19N2+. The number of nitrogens with zero attached hydrogens (tertiary/aromatic N) is 2. The Hall–Kier alpha value is -0.630. The van der Waals surface area contributed by atoms with Crippen LogP contribution in [0.3, 0.4) is 0 Å². The maximum Gasteiger partial charge on any atom is 0.207 e. The molecule has 1 rings (SSSR count). The van der Waals surface area contributed by atoms with Gasteiger partial charge in [-0.2, -0.15) is 0 Å². The lowest BCUT2D eigenvalue weighted by atomic mass is 10.2. The lowest BCUT2D eigenvalue weighted by Gasteiger charge is -2.26. The van der Waals surface area contributed by atoms with Gasteiger partial charge in [-0.3, -0.25) is 4.48 Å². The number of amidine groups is 1. The van der Waals surface area contributed by atoms with Crippen LogP contribution in [0.1, 0.15) is 33.1 Å². The third-order valence-electron chi connectivity index (χ3n) is 2.50. The Bertz CT molecular complexity index is 206. The average molecular weight is 167 g/mol. The van der Waals surface area contributed by atoms with Gasteiger partial charge in [-0.05, 0) is 6.42 Å². The number of quaternary nitrogens is 1. The average Bonchev–Trinajstić information content (AvgIpc) is 2.44. The number of aliphatic imine (C=N–C) groups is 1. The van der Waals surface area contributed by atoms with Crippen molar-refractivity contribution in [3.05, 3.63) is 12.4 Å². The van der Waals surface area contributed by atoms with Gasteiger partial charge in [0, 0.05) is 6.42 Å². The highest BCUT2D eigenvalue weighted by Crippen LogP contribution is 2.16. The minimum atomic E-state index is 0.935. The van der Waals surface area contributed by atoms with Crippen LogP contribution in [0.4, 0.5) is 0 Å². The summed E-state index contributed by atoms with van der Waals surface area (Å²) in [5.41, 5.74) is 0. The second kappa shape index (κ2) is 3.85. The second-order valence-electron chi connectivity index (χ2n) is 3.54. The van der Waals surface area contributed by atoms with E-state index in [1.165, 1.54) is 25.2 Å². The van der Waals surface area contributed by atoms with E-state index >= 15 is 0 Å². The van der Waals surface area contributed by atoms with Crippen molar-refractivity contribution in [1.82, 2.24) is 0 Å². The first-order chi connectivity index (χ1) is 5.73. The van der Waals surface area contributed by atoms with Crippen molar-refractivity contribution in [3.63, 3.8) is 0 Å². The van der Waals surface area contributed by atoms with Gasteiger partial charge in [0.2, 0.25) is 5.84 Å². The van der Waals surface area contributed by atoms with Crippen LogP contribution in [0.2, 0.25) is 0 Å². The lowest BCUT2D eigenvalue weighted by Crippen LogP contribution is -2.42. The second-order valence-corrected chi connectivity index (χ2v) is 3.54. The van der Waals surface area contributed by atoms with Crippen molar-refractivity contribution in [1.29, 1.82) is 0 Å². The van der Waals surface area contributed by atoms with Gasteiger partial charge in [0.15, 0.2) is 0 Å². The fourth-order valence-corrected chi connectivity index (χ4v) is 1.63. The summed E-state index contributed by atoms with van der Waals surface area (Å²) in [7, 11) is 2.24. The van der Waals surface area contributed by atoms with Crippen LogP contribution >= 0.6 is 0 Å². The van der Waals surface area contributed by atoms with Crippen molar-refractivity contribution in [2.24, 2.45) is 4.99 Å². The molecule has 0 bridgehead atoms. The minimum Gasteiger partial charge on any atom is -0.253 e. The molecule has 0 saturated heterocycles. The predicted octanol–water partition coefficient (Wildman–Crippen LogP) is 2.53. The zero-order valence-electron chi connectivity index (χ0n) is 8.38. The molecule has 0 fully saturated rings. The Morgan fingerprint density at radius 3 is 2.75 bits per heavy atom. The van der Waals surface area contributed by atoms with Crippen molar-refractivity contribution < 1.29 is 4.48 Å². The highest BCUT2D eigenvalue weighted by atomic mass is 15.4. The highest BCUT2D eigenvalue weighted by Gasteiger charge is 2.27. The van der Waals surface area contributed by atoms with Crippen molar-refractivity contribution in [2.45, 2.75) is 33.1 Å². The van der Waals surface area contributed by atoms with Gasteiger partial charge in [0.1, 0.15) is 6.20 Å². The fourth-order valence-electron chi connectivity index (χ4n) is 1.63. The molecule has 1 atom stereocenters. The Balaban J connectivity index is 2.58. The Labute approximate surface area is 75.2 Å². The Morgan fingerprint density at radius 1 is 1.42 bits per heavy atom. The van der Waals surface area contributed by atoms with Crippen LogP contribution in [0.25, 0.3) is 0 Å². The van der Waals surface area contributed by atoms with E-state index in [2.05, 4.69) is 32.1 Å². The van der Waals surface area contributed by atoms with E-state index < -0.39 is 0 Å². The SMILES string of the molecule is CCCC[N+]1(C)C=CN=C1CC. The van der Waals surface area contributed by atoms with Crippen LogP contribution in [0, 0.1) is 0 Å². The Morgan fingerprint density at radius 2 is 2.17 bits per heavy atom. The first kappa shape index (κ1) is 9.46. The quantitative estimate of drug-likeness (QED) is 0.570. The predicted molar refractivity (Wildman–Crippen MR) is 52.8 cm³/mol. The molecule has 68 valence electrons. The van der Waals surface area contributed by atoms with E-state index in [4.69, 9.17) is 0 Å². The topological polar surface area (TPSA) is 12.4 Å². The minimum absolute atomic E-state index is 0.935. The molecule has 1 heterocycles. The van der Waals surface area contributed by atoms with Gasteiger partial charge in [-0.25, -0.2) is 4.99 Å². The Kier molecular flexibility index (Phi) is 3.04. The van der Waals surface area contributed by atoms with Gasteiger partial charge in [0.25, 0.3) is 0 Å². The summed E-state index contributed by atoms with van der Waals surface area (Å²) in [6.07, 6.45) is 7.73. The molecule has 0 spiro atoms. The van der Waals surface area contributed by atoms with E-state index in [0.29, 0.717) is 0 Å². The van der Waals surface area contributed by atoms with Gasteiger partial charge in [-0.1, -0.05) is 20.3 Å². The summed E-state index contributed by atoms with van der Waals surface area (Å²) >= 11 is 0. The molecule has 1 aliphatic heterocycles. The summed E-state index contributed by atoms with van der Waals surface area (Å²) < 4.78 is 0.935. The van der Waals surface area contributed by atoms with Crippen LogP contribution in [0.5, 0.6) is 0 Å². The summed E-state index contributed by atoms with van der Waals surface area (Å²) in [5, 5.41) is 0. The molecule has 0 N–H and O–H groups in total. The summed E-state index contributed by atoms with van der Waals surface area (Å²) in [6, 6.07) is 0. The maximum absolute atomic E-state index is 4.37. The van der Waals surface area contributed by atoms with Crippen LogP contribution < -0.4 is 0 Å². The van der Waals surface area contributed by atoms with E-state index in [0.717, 1.165) is 10.9 Å². The molecule has 1 aliphatic rings. The van der Waals surface area contributed by atoms with E-state index in [9.17, 15) is 0 Å². The summed E-state index contributed by atoms with van der Waals surface area (Å²) in [4.78, 5) is 4.37. The van der Waals surface area contributed by atoms with Gasteiger partial charge in [-0.15, -0.1) is 0 Å². The van der Waals surface area contributed by atoms with E-state index in [1.54, 1.807) is 0 Å². The maximum atomic E-state index is 4.37. The molecule has 0 radical (unpaired) electrons. The van der Waals surface area contributed by atoms with Crippen molar-refractivity contribution in [2.75, 3.05) is 13.6 Å². The van der Waals surface area contributed by atoms with Crippen LogP contribution in [0.15, 0.2) is 17.4 Å². The smallest absolute Gasteiger partial charge is 0.207 e. The molecule has 0 amide bonds. The molecule has 2 nitrogen and oxygen atoms in total. The highest BCUT2D eigenvalue weighted by molar-refractivity contribution is 5.77. The zero-order chi connectivity index (χ0) is 9.03. The molecule has 0 saturated carbocycles. The number of rotatable bonds is 4. The third-order valence-corrected chi connectivity index (χ3v) is 2.50. The number of unbranched alkanes of at least 4 members (excludes halogenated alkanes) is 1. The normalized spacial score (nSPS) is 27.8. The van der Waals surface area contributed by atoms with Crippen LogP contribution in [-0.2, 0) is 0 Å². The molecule has 0 aromatic heterocycles. The molecular weight excluding hydrogens is 148 g/mol. The summed E-state index contributed by atoms with van der Waals surface area (Å²) in [5.74, 6) is 1.29. The van der Waals surface area contributed by atoms with Gasteiger partial charge < -0.3 is 0 Å². The zero-order valence-corrected chi connectivity index (χ0v) is 8.38. The standard InChI is InChI=1S/C10H19N2/c1-4-6-8-12(3)9-7-11-10(12)5-2/h7,9H,4-6,8H2,1-3H3/q+1. The summed E-state index contributed by atoms with van der Waals surface area (Å²) in [6.45, 7) is 5.60. The molecule has 0 aromatic carbocycles. The molecule has 1 unspecified atom stereocenters. The van der Waals surface area contributed by atoms with E-state index in [1.807, 2.05) is 6.20 Å². The van der Waals surface area contributed by atoms with Crippen molar-refractivity contribution in [3.8, 4) is 0 Å². The van der Waals surface area contributed by atoms with Gasteiger partial charge >= 0.3 is 0 Å². The molecule has 0 aliphatic carbocycles. The molecule has 2 heteroatoms. The fraction of sp³-hybridized carbons (Fsp3) is 0.700. The lowest BCUT2D eigenvalue weighted by molar-refractivity contribution is -0.765. The van der Waals surface area contributed by atoms with Gasteiger partial charge in [0.05, 0.1) is 19.8 Å². The monoisotopic (exact) mass is 167 g/mol.